The topological polar surface area (TPSA) is 68.3 Å². The number of hydrogen-bond acceptors (Lipinski definition) is 6. The van der Waals surface area contributed by atoms with Crippen LogP contribution in [0.4, 0.5) is 5.69 Å². The lowest BCUT2D eigenvalue weighted by Gasteiger charge is -2.26. The summed E-state index contributed by atoms with van der Waals surface area (Å²) in [5, 5.41) is 0.478. The van der Waals surface area contributed by atoms with E-state index in [1.165, 1.54) is 12.0 Å². The highest BCUT2D eigenvalue weighted by Crippen LogP contribution is 2.39. The van der Waals surface area contributed by atoms with Gasteiger partial charge in [0.1, 0.15) is 11.4 Å². The van der Waals surface area contributed by atoms with Gasteiger partial charge in [-0.1, -0.05) is 35.9 Å². The number of methoxy groups -OCH3 is 3. The lowest BCUT2D eigenvalue weighted by molar-refractivity contribution is -0.120. The molecule has 2 amide bonds. The van der Waals surface area contributed by atoms with Gasteiger partial charge in [-0.15, -0.1) is 0 Å². The first kappa shape index (κ1) is 23.8. The molecule has 170 valence electrons. The highest BCUT2D eigenvalue weighted by molar-refractivity contribution is 6.46. The molecule has 0 saturated carbocycles. The van der Waals surface area contributed by atoms with Gasteiger partial charge in [0.15, 0.2) is 0 Å². The fourth-order valence-corrected chi connectivity index (χ4v) is 3.87. The van der Waals surface area contributed by atoms with Gasteiger partial charge in [0.05, 0.1) is 31.6 Å². The van der Waals surface area contributed by atoms with Crippen LogP contribution in [0.15, 0.2) is 48.2 Å². The number of rotatable bonds is 10. The largest absolute Gasteiger partial charge is 0.496 e. The fourth-order valence-electron chi connectivity index (χ4n) is 3.70. The van der Waals surface area contributed by atoms with Crippen molar-refractivity contribution < 1.29 is 23.8 Å². The molecule has 1 heterocycles. The molecule has 0 radical (unpaired) electrons. The molecule has 7 nitrogen and oxygen atoms in total. The third-order valence-electron chi connectivity index (χ3n) is 5.36. The summed E-state index contributed by atoms with van der Waals surface area (Å²) in [6, 6.07) is 12.3. The van der Waals surface area contributed by atoms with Crippen molar-refractivity contribution in [2.75, 3.05) is 52.5 Å². The second-order valence-corrected chi connectivity index (χ2v) is 7.63. The summed E-state index contributed by atoms with van der Waals surface area (Å²) in [7, 11) is 4.72. The van der Waals surface area contributed by atoms with E-state index in [0.717, 1.165) is 0 Å². The number of ether oxygens (including phenoxy) is 3. The number of carbonyl (C=O) groups excluding carboxylic acids is 2. The second kappa shape index (κ2) is 10.6. The van der Waals surface area contributed by atoms with Crippen LogP contribution in [0, 0.1) is 6.92 Å². The Labute approximate surface area is 193 Å². The Hall–Kier alpha value is -2.87. The predicted octanol–water partition coefficient (Wildman–Crippen LogP) is 3.54. The van der Waals surface area contributed by atoms with Gasteiger partial charge in [-0.25, -0.2) is 4.90 Å². The fraction of sp³-hybridized carbons (Fsp3) is 0.333. The Morgan fingerprint density at radius 2 is 1.56 bits per heavy atom. The molecule has 2 aromatic carbocycles. The third kappa shape index (κ3) is 4.50. The summed E-state index contributed by atoms with van der Waals surface area (Å²) >= 11 is 6.30. The van der Waals surface area contributed by atoms with E-state index in [9.17, 15) is 9.59 Å². The van der Waals surface area contributed by atoms with Crippen LogP contribution < -0.4 is 9.64 Å². The molecule has 0 bridgehead atoms. The maximum atomic E-state index is 13.8. The van der Waals surface area contributed by atoms with Crippen LogP contribution in [0.2, 0.25) is 5.02 Å². The van der Waals surface area contributed by atoms with E-state index in [1.807, 2.05) is 17.0 Å². The minimum Gasteiger partial charge on any atom is -0.496 e. The van der Waals surface area contributed by atoms with E-state index in [4.69, 9.17) is 25.8 Å². The first-order valence-electron chi connectivity index (χ1n) is 10.2. The molecular weight excluding hydrogens is 432 g/mol. The van der Waals surface area contributed by atoms with Gasteiger partial charge < -0.3 is 19.1 Å². The number of anilines is 1. The van der Waals surface area contributed by atoms with Gasteiger partial charge in [-0.2, -0.15) is 0 Å². The number of halogens is 1. The van der Waals surface area contributed by atoms with Crippen LogP contribution in [-0.2, 0) is 19.1 Å². The minimum atomic E-state index is -0.431. The molecule has 2 aromatic rings. The van der Waals surface area contributed by atoms with Crippen molar-refractivity contribution in [2.45, 2.75) is 6.92 Å². The van der Waals surface area contributed by atoms with Crippen LogP contribution in [0.3, 0.4) is 0 Å². The maximum Gasteiger partial charge on any atom is 0.282 e. The zero-order valence-corrected chi connectivity index (χ0v) is 19.4. The van der Waals surface area contributed by atoms with Gasteiger partial charge in [0.2, 0.25) is 0 Å². The molecule has 0 saturated heterocycles. The number of carbonyl (C=O) groups is 2. The van der Waals surface area contributed by atoms with Crippen molar-refractivity contribution in [3.05, 3.63) is 64.3 Å². The van der Waals surface area contributed by atoms with Crippen molar-refractivity contribution in [3.63, 3.8) is 0 Å². The molecule has 1 aliphatic heterocycles. The number of para-hydroxylation sites is 1. The zero-order chi connectivity index (χ0) is 23.3. The van der Waals surface area contributed by atoms with Gasteiger partial charge in [-0.05, 0) is 30.7 Å². The summed E-state index contributed by atoms with van der Waals surface area (Å²) in [6.45, 7) is 3.37. The third-order valence-corrected chi connectivity index (χ3v) is 5.77. The molecule has 0 spiro atoms. The SMILES string of the molecule is COCCN(CCOC)C1=C(c2ccccc2OC)C(=O)N(c2cccc(Cl)c2C)C1=O. The first-order chi connectivity index (χ1) is 15.5. The second-order valence-electron chi connectivity index (χ2n) is 7.23. The number of benzene rings is 2. The van der Waals surface area contributed by atoms with Crippen molar-refractivity contribution in [3.8, 4) is 5.75 Å². The Balaban J connectivity index is 2.21. The summed E-state index contributed by atoms with van der Waals surface area (Å²) in [5.41, 5.74) is 2.21. The molecule has 0 aromatic heterocycles. The van der Waals surface area contributed by atoms with Crippen LogP contribution in [0.25, 0.3) is 5.57 Å². The highest BCUT2D eigenvalue weighted by atomic mass is 35.5. The Morgan fingerprint density at radius 3 is 2.19 bits per heavy atom. The number of hydrogen-bond donors (Lipinski definition) is 0. The van der Waals surface area contributed by atoms with Crippen molar-refractivity contribution >= 4 is 34.7 Å². The Bertz CT molecular complexity index is 1030. The van der Waals surface area contributed by atoms with Gasteiger partial charge in [-0.3, -0.25) is 9.59 Å². The molecule has 8 heteroatoms. The van der Waals surface area contributed by atoms with Gasteiger partial charge in [0, 0.05) is 37.9 Å². The van der Waals surface area contributed by atoms with Crippen LogP contribution >= 0.6 is 11.6 Å². The quantitative estimate of drug-likeness (QED) is 0.507. The molecule has 0 atom stereocenters. The van der Waals surface area contributed by atoms with Crippen molar-refractivity contribution in [2.24, 2.45) is 0 Å². The maximum absolute atomic E-state index is 13.8. The normalized spacial score (nSPS) is 13.8. The van der Waals surface area contributed by atoms with Gasteiger partial charge in [0.25, 0.3) is 11.8 Å². The molecule has 0 N–H and O–H groups in total. The summed E-state index contributed by atoms with van der Waals surface area (Å²) < 4.78 is 16.0. The number of nitrogens with zero attached hydrogens (tertiary/aromatic N) is 2. The molecule has 0 fully saturated rings. The van der Waals surface area contributed by atoms with Crippen molar-refractivity contribution in [1.82, 2.24) is 4.90 Å². The summed E-state index contributed by atoms with van der Waals surface area (Å²) in [6.07, 6.45) is 0. The molecule has 1 aliphatic rings. The van der Waals surface area contributed by atoms with E-state index < -0.39 is 11.8 Å². The smallest absolute Gasteiger partial charge is 0.282 e. The molecule has 0 unspecified atom stereocenters. The molecule has 32 heavy (non-hydrogen) atoms. The molecular formula is C24H27ClN2O5. The average molecular weight is 459 g/mol. The molecule has 0 aliphatic carbocycles. The van der Waals surface area contributed by atoms with E-state index >= 15 is 0 Å². The average Bonchev–Trinajstić information content (AvgIpc) is 3.05. The zero-order valence-electron chi connectivity index (χ0n) is 18.7. The van der Waals surface area contributed by atoms with Crippen LogP contribution in [0.5, 0.6) is 5.75 Å². The lowest BCUT2D eigenvalue weighted by atomic mass is 10.0. The highest BCUT2D eigenvalue weighted by Gasteiger charge is 2.43. The van der Waals surface area contributed by atoms with E-state index in [-0.39, 0.29) is 11.3 Å². The Morgan fingerprint density at radius 1 is 0.906 bits per heavy atom. The first-order valence-corrected chi connectivity index (χ1v) is 10.6. The molecule has 3 rings (SSSR count). The summed E-state index contributed by atoms with van der Waals surface area (Å²) in [4.78, 5) is 30.6. The van der Waals surface area contributed by atoms with Crippen molar-refractivity contribution in [1.29, 1.82) is 0 Å². The minimum absolute atomic E-state index is 0.277. The number of amides is 2. The van der Waals surface area contributed by atoms with E-state index in [1.54, 1.807) is 51.5 Å². The monoisotopic (exact) mass is 458 g/mol. The number of imide groups is 1. The lowest BCUT2D eigenvalue weighted by Crippen LogP contribution is -2.38. The summed E-state index contributed by atoms with van der Waals surface area (Å²) in [5.74, 6) is -0.350. The van der Waals surface area contributed by atoms with Crippen LogP contribution in [-0.4, -0.2) is 64.3 Å². The standard InChI is InChI=1S/C24H27ClN2O5/c1-16-18(25)9-7-10-19(16)27-23(28)21(17-8-5-6-11-20(17)32-4)22(24(27)29)26(12-14-30-2)13-15-31-3/h5-11H,12-15H2,1-4H3. The van der Waals surface area contributed by atoms with Gasteiger partial charge >= 0.3 is 0 Å². The predicted molar refractivity (Wildman–Crippen MR) is 124 cm³/mol. The van der Waals surface area contributed by atoms with E-state index in [2.05, 4.69) is 0 Å². The van der Waals surface area contributed by atoms with E-state index in [0.29, 0.717) is 53.9 Å². The van der Waals surface area contributed by atoms with Crippen LogP contribution in [0.1, 0.15) is 11.1 Å². The Kier molecular flexibility index (Phi) is 7.90.